The van der Waals surface area contributed by atoms with E-state index in [1.807, 2.05) is 0 Å². The number of hydrogen-bond acceptors (Lipinski definition) is 6. The number of carbonyl (C=O) groups excluding carboxylic acids is 3. The van der Waals surface area contributed by atoms with E-state index in [1.165, 1.54) is 13.2 Å². The summed E-state index contributed by atoms with van der Waals surface area (Å²) in [6, 6.07) is 6.23. The maximum absolute atomic E-state index is 12.1. The van der Waals surface area contributed by atoms with Gasteiger partial charge in [-0.3, -0.25) is 9.59 Å². The molecular formula is C15H18N2O5S. The third-order valence-electron chi connectivity index (χ3n) is 3.46. The van der Waals surface area contributed by atoms with Crippen molar-refractivity contribution in [2.45, 2.75) is 12.0 Å². The van der Waals surface area contributed by atoms with Crippen molar-refractivity contribution in [3.8, 4) is 5.75 Å². The SMILES string of the molecule is COC(=O)C1(NC(=O)COc2cccc(C(N)=O)c2)CCSC1. The second-order valence-electron chi connectivity index (χ2n) is 5.11. The van der Waals surface area contributed by atoms with Gasteiger partial charge in [-0.05, 0) is 30.4 Å². The number of nitrogens with one attached hydrogen (secondary N) is 1. The third kappa shape index (κ3) is 4.16. The highest BCUT2D eigenvalue weighted by Crippen LogP contribution is 2.29. The minimum Gasteiger partial charge on any atom is -0.484 e. The molecule has 1 unspecified atom stereocenters. The number of ether oxygens (including phenoxy) is 2. The fourth-order valence-corrected chi connectivity index (χ4v) is 3.58. The second-order valence-corrected chi connectivity index (χ2v) is 6.21. The van der Waals surface area contributed by atoms with Crippen molar-refractivity contribution in [1.29, 1.82) is 0 Å². The van der Waals surface area contributed by atoms with E-state index in [0.29, 0.717) is 23.5 Å². The van der Waals surface area contributed by atoms with Gasteiger partial charge in [-0.15, -0.1) is 0 Å². The molecule has 7 nitrogen and oxygen atoms in total. The molecule has 23 heavy (non-hydrogen) atoms. The number of amides is 2. The molecule has 3 N–H and O–H groups in total. The molecule has 1 aliphatic rings. The summed E-state index contributed by atoms with van der Waals surface area (Å²) in [6.07, 6.45) is 0.521. The summed E-state index contributed by atoms with van der Waals surface area (Å²) in [5.41, 5.74) is 4.49. The van der Waals surface area contributed by atoms with Crippen molar-refractivity contribution in [3.63, 3.8) is 0 Å². The van der Waals surface area contributed by atoms with E-state index in [2.05, 4.69) is 5.32 Å². The average molecular weight is 338 g/mol. The van der Waals surface area contributed by atoms with E-state index >= 15 is 0 Å². The van der Waals surface area contributed by atoms with Gasteiger partial charge >= 0.3 is 5.97 Å². The fourth-order valence-electron chi connectivity index (χ4n) is 2.26. The van der Waals surface area contributed by atoms with Gasteiger partial charge < -0.3 is 20.5 Å². The fraction of sp³-hybridized carbons (Fsp3) is 0.400. The van der Waals surface area contributed by atoms with Crippen LogP contribution in [0.25, 0.3) is 0 Å². The number of hydrogen-bond donors (Lipinski definition) is 2. The molecule has 2 amide bonds. The number of methoxy groups -OCH3 is 1. The maximum Gasteiger partial charge on any atom is 0.332 e. The summed E-state index contributed by atoms with van der Waals surface area (Å²) < 4.78 is 10.1. The van der Waals surface area contributed by atoms with Crippen LogP contribution in [-0.4, -0.2) is 48.5 Å². The molecule has 0 bridgehead atoms. The smallest absolute Gasteiger partial charge is 0.332 e. The highest BCUT2D eigenvalue weighted by molar-refractivity contribution is 7.99. The first-order valence-electron chi connectivity index (χ1n) is 6.97. The summed E-state index contributed by atoms with van der Waals surface area (Å²) in [6.45, 7) is -0.272. The van der Waals surface area contributed by atoms with Crippen LogP contribution in [0.1, 0.15) is 16.8 Å². The normalized spacial score (nSPS) is 19.9. The molecule has 1 saturated heterocycles. The van der Waals surface area contributed by atoms with Crippen LogP contribution >= 0.6 is 11.8 Å². The van der Waals surface area contributed by atoms with Gasteiger partial charge in [-0.25, -0.2) is 4.79 Å². The Morgan fingerprint density at radius 1 is 1.39 bits per heavy atom. The number of primary amides is 1. The van der Waals surface area contributed by atoms with Crippen LogP contribution in [0.15, 0.2) is 24.3 Å². The molecular weight excluding hydrogens is 320 g/mol. The van der Waals surface area contributed by atoms with Crippen LogP contribution in [0.5, 0.6) is 5.75 Å². The summed E-state index contributed by atoms with van der Waals surface area (Å²) in [5, 5.41) is 2.70. The second kappa shape index (κ2) is 7.36. The van der Waals surface area contributed by atoms with Crippen LogP contribution in [0.2, 0.25) is 0 Å². The van der Waals surface area contributed by atoms with Gasteiger partial charge in [0, 0.05) is 11.3 Å². The first kappa shape index (κ1) is 17.1. The lowest BCUT2D eigenvalue weighted by Gasteiger charge is -2.26. The van der Waals surface area contributed by atoms with E-state index in [9.17, 15) is 14.4 Å². The molecule has 1 fully saturated rings. The van der Waals surface area contributed by atoms with E-state index in [4.69, 9.17) is 15.2 Å². The Kier molecular flexibility index (Phi) is 5.49. The van der Waals surface area contributed by atoms with Gasteiger partial charge in [0.15, 0.2) is 6.61 Å². The molecule has 0 spiro atoms. The number of rotatable bonds is 6. The Morgan fingerprint density at radius 2 is 2.17 bits per heavy atom. The van der Waals surface area contributed by atoms with E-state index in [-0.39, 0.29) is 6.61 Å². The van der Waals surface area contributed by atoms with Crippen molar-refractivity contribution in [3.05, 3.63) is 29.8 Å². The van der Waals surface area contributed by atoms with Crippen molar-refractivity contribution >= 4 is 29.5 Å². The van der Waals surface area contributed by atoms with Crippen LogP contribution in [0, 0.1) is 0 Å². The number of esters is 1. The van der Waals surface area contributed by atoms with Gasteiger partial charge in [-0.2, -0.15) is 11.8 Å². The Labute approximate surface area is 137 Å². The first-order chi connectivity index (χ1) is 11.0. The lowest BCUT2D eigenvalue weighted by atomic mass is 9.99. The standard InChI is InChI=1S/C15H18N2O5S/c1-21-14(20)15(5-6-23-9-15)17-12(18)8-22-11-4-2-3-10(7-11)13(16)19/h2-4,7H,5-6,8-9H2,1H3,(H2,16,19)(H,17,18). The van der Waals surface area contributed by atoms with E-state index in [0.717, 1.165) is 5.75 Å². The zero-order chi connectivity index (χ0) is 16.9. The molecule has 1 aliphatic heterocycles. The molecule has 2 rings (SSSR count). The predicted octanol–water partition coefficient (Wildman–Crippen LogP) is 0.329. The molecule has 0 aromatic heterocycles. The zero-order valence-corrected chi connectivity index (χ0v) is 13.5. The van der Waals surface area contributed by atoms with Crippen molar-refractivity contribution in [1.82, 2.24) is 5.32 Å². The molecule has 1 aromatic rings. The van der Waals surface area contributed by atoms with E-state index in [1.54, 1.807) is 30.0 Å². The molecule has 0 radical (unpaired) electrons. The van der Waals surface area contributed by atoms with E-state index < -0.39 is 23.3 Å². The predicted molar refractivity (Wildman–Crippen MR) is 85.3 cm³/mol. The van der Waals surface area contributed by atoms with Gasteiger partial charge in [0.1, 0.15) is 11.3 Å². The van der Waals surface area contributed by atoms with Gasteiger partial charge in [0.2, 0.25) is 5.91 Å². The van der Waals surface area contributed by atoms with Gasteiger partial charge in [0.25, 0.3) is 5.91 Å². The van der Waals surface area contributed by atoms with Crippen molar-refractivity contribution < 1.29 is 23.9 Å². The van der Waals surface area contributed by atoms with Crippen LogP contribution in [0.3, 0.4) is 0 Å². The molecule has 1 aromatic carbocycles. The van der Waals surface area contributed by atoms with Crippen LogP contribution < -0.4 is 15.8 Å². The maximum atomic E-state index is 12.1. The van der Waals surface area contributed by atoms with Gasteiger partial charge in [0.05, 0.1) is 7.11 Å². The minimum atomic E-state index is -0.991. The minimum absolute atomic E-state index is 0.272. The molecule has 1 atom stereocenters. The summed E-state index contributed by atoms with van der Waals surface area (Å²) in [5.74, 6) is 0.144. The van der Waals surface area contributed by atoms with Crippen LogP contribution in [0.4, 0.5) is 0 Å². The number of thioether (sulfide) groups is 1. The van der Waals surface area contributed by atoms with Crippen molar-refractivity contribution in [2.75, 3.05) is 25.2 Å². The zero-order valence-electron chi connectivity index (χ0n) is 12.7. The lowest BCUT2D eigenvalue weighted by molar-refractivity contribution is -0.150. The summed E-state index contributed by atoms with van der Waals surface area (Å²) >= 11 is 1.58. The average Bonchev–Trinajstić information content (AvgIpc) is 3.02. The third-order valence-corrected chi connectivity index (χ3v) is 4.65. The number of carbonyl (C=O) groups is 3. The number of nitrogens with two attached hydrogens (primary N) is 1. The van der Waals surface area contributed by atoms with Gasteiger partial charge in [-0.1, -0.05) is 6.07 Å². The number of benzene rings is 1. The van der Waals surface area contributed by atoms with Crippen molar-refractivity contribution in [2.24, 2.45) is 5.73 Å². The molecule has 8 heteroatoms. The first-order valence-corrected chi connectivity index (χ1v) is 8.12. The Bertz CT molecular complexity index is 614. The Hall–Kier alpha value is -2.22. The summed E-state index contributed by atoms with van der Waals surface area (Å²) in [7, 11) is 1.30. The monoisotopic (exact) mass is 338 g/mol. The Balaban J connectivity index is 1.95. The largest absolute Gasteiger partial charge is 0.484 e. The molecule has 0 aliphatic carbocycles. The highest BCUT2D eigenvalue weighted by Gasteiger charge is 2.44. The Morgan fingerprint density at radius 3 is 2.78 bits per heavy atom. The summed E-state index contributed by atoms with van der Waals surface area (Å²) in [4.78, 5) is 35.1. The topological polar surface area (TPSA) is 108 Å². The quantitative estimate of drug-likeness (QED) is 0.724. The van der Waals surface area contributed by atoms with Crippen LogP contribution in [-0.2, 0) is 14.3 Å². The lowest BCUT2D eigenvalue weighted by Crippen LogP contribution is -2.56. The molecule has 0 saturated carbocycles. The molecule has 1 heterocycles. The molecule has 124 valence electrons. The highest BCUT2D eigenvalue weighted by atomic mass is 32.2.